The van der Waals surface area contributed by atoms with Crippen molar-refractivity contribution >= 4 is 22.4 Å². The molecule has 2 aliphatic rings. The normalized spacial score (nSPS) is 30.8. The number of fused-ring (bicyclic) bond motifs is 1. The first kappa shape index (κ1) is 15.8. The number of aryl methyl sites for hydroxylation is 1. The van der Waals surface area contributed by atoms with Gasteiger partial charge in [0, 0.05) is 26.2 Å². The monoisotopic (exact) mass is 320 g/mol. The van der Waals surface area contributed by atoms with Gasteiger partial charge in [0.05, 0.1) is 6.20 Å². The standard InChI is InChI=1S/C12H20N4O2S.ClH/c1-15-12(5-6-14-15)19(17,18)16-7-9-3-2-4-11(13)10(9)8-16;/h5-6,9-11H,2-4,7-8,13H2,1H3;1H. The molecule has 0 amide bonds. The molecule has 2 heterocycles. The summed E-state index contributed by atoms with van der Waals surface area (Å²) in [4.78, 5) is 0. The summed E-state index contributed by atoms with van der Waals surface area (Å²) in [7, 11) is -1.77. The highest BCUT2D eigenvalue weighted by Gasteiger charge is 2.43. The zero-order valence-electron chi connectivity index (χ0n) is 11.5. The van der Waals surface area contributed by atoms with Crippen LogP contribution in [-0.4, -0.2) is 41.6 Å². The first-order chi connectivity index (χ1) is 9.00. The van der Waals surface area contributed by atoms with Gasteiger partial charge in [0.1, 0.15) is 0 Å². The maximum Gasteiger partial charge on any atom is 0.260 e. The molecule has 8 heteroatoms. The van der Waals surface area contributed by atoms with Crippen molar-refractivity contribution in [2.24, 2.45) is 24.6 Å². The largest absolute Gasteiger partial charge is 0.327 e. The molecule has 0 aromatic carbocycles. The molecule has 1 aromatic rings. The lowest BCUT2D eigenvalue weighted by molar-refractivity contribution is 0.260. The van der Waals surface area contributed by atoms with Crippen molar-refractivity contribution in [1.82, 2.24) is 14.1 Å². The van der Waals surface area contributed by atoms with Gasteiger partial charge in [0.25, 0.3) is 10.0 Å². The van der Waals surface area contributed by atoms with E-state index in [4.69, 9.17) is 5.73 Å². The van der Waals surface area contributed by atoms with Crippen LogP contribution in [0.5, 0.6) is 0 Å². The summed E-state index contributed by atoms with van der Waals surface area (Å²) in [5, 5.41) is 4.21. The van der Waals surface area contributed by atoms with Gasteiger partial charge >= 0.3 is 0 Å². The highest BCUT2D eigenvalue weighted by Crippen LogP contribution is 2.37. The third-order valence-corrected chi connectivity index (χ3v) is 6.41. The van der Waals surface area contributed by atoms with Crippen LogP contribution in [0.2, 0.25) is 0 Å². The predicted octanol–water partition coefficient (Wildman–Crippen LogP) is 0.590. The van der Waals surface area contributed by atoms with Gasteiger partial charge in [-0.2, -0.15) is 9.40 Å². The van der Waals surface area contributed by atoms with Crippen LogP contribution in [0, 0.1) is 11.8 Å². The van der Waals surface area contributed by atoms with Crippen LogP contribution in [-0.2, 0) is 17.1 Å². The Hall–Kier alpha value is -0.630. The van der Waals surface area contributed by atoms with Crippen molar-refractivity contribution in [3.8, 4) is 0 Å². The average Bonchev–Trinajstić information content (AvgIpc) is 2.96. The maximum absolute atomic E-state index is 12.6. The molecule has 0 spiro atoms. The fraction of sp³-hybridized carbons (Fsp3) is 0.750. The third-order valence-electron chi connectivity index (χ3n) is 4.50. The van der Waals surface area contributed by atoms with Crippen LogP contribution in [0.25, 0.3) is 0 Å². The molecule has 1 saturated heterocycles. The number of nitrogens with two attached hydrogens (primary N) is 1. The fourth-order valence-electron chi connectivity index (χ4n) is 3.42. The second-order valence-corrected chi connectivity index (χ2v) is 7.52. The Kier molecular flexibility index (Phi) is 4.44. The minimum absolute atomic E-state index is 0. The predicted molar refractivity (Wildman–Crippen MR) is 78.0 cm³/mol. The van der Waals surface area contributed by atoms with Crippen LogP contribution in [0.1, 0.15) is 19.3 Å². The Morgan fingerprint density at radius 3 is 2.70 bits per heavy atom. The molecule has 0 radical (unpaired) electrons. The molecule has 3 rings (SSSR count). The average molecular weight is 321 g/mol. The van der Waals surface area contributed by atoms with E-state index < -0.39 is 10.0 Å². The molecule has 114 valence electrons. The van der Waals surface area contributed by atoms with Crippen LogP contribution in [0.4, 0.5) is 0 Å². The molecule has 3 atom stereocenters. The Balaban J connectivity index is 0.00000147. The van der Waals surface area contributed by atoms with Crippen molar-refractivity contribution in [1.29, 1.82) is 0 Å². The zero-order chi connectivity index (χ0) is 13.6. The van der Waals surface area contributed by atoms with E-state index in [-0.39, 0.29) is 23.5 Å². The maximum atomic E-state index is 12.6. The van der Waals surface area contributed by atoms with E-state index in [1.807, 2.05) is 0 Å². The molecule has 1 saturated carbocycles. The molecular weight excluding hydrogens is 300 g/mol. The SMILES string of the molecule is Cl.Cn1nccc1S(=O)(=O)N1CC2CCCC(N)C2C1. The number of nitrogens with zero attached hydrogens (tertiary/aromatic N) is 3. The summed E-state index contributed by atoms with van der Waals surface area (Å²) in [5.74, 6) is 0.739. The third kappa shape index (κ3) is 2.47. The first-order valence-electron chi connectivity index (χ1n) is 6.74. The lowest BCUT2D eigenvalue weighted by Crippen LogP contribution is -2.38. The number of halogens is 1. The first-order valence-corrected chi connectivity index (χ1v) is 8.18. The summed E-state index contributed by atoms with van der Waals surface area (Å²) in [6.45, 7) is 1.16. The zero-order valence-corrected chi connectivity index (χ0v) is 13.1. The summed E-state index contributed by atoms with van der Waals surface area (Å²) >= 11 is 0. The van der Waals surface area contributed by atoms with E-state index in [9.17, 15) is 8.42 Å². The lowest BCUT2D eigenvalue weighted by Gasteiger charge is -2.29. The van der Waals surface area contributed by atoms with E-state index in [0.717, 1.165) is 19.3 Å². The quantitative estimate of drug-likeness (QED) is 0.864. The van der Waals surface area contributed by atoms with Gasteiger partial charge in [-0.05, 0) is 30.7 Å². The molecule has 20 heavy (non-hydrogen) atoms. The van der Waals surface area contributed by atoms with E-state index in [1.54, 1.807) is 17.4 Å². The molecule has 1 aromatic heterocycles. The van der Waals surface area contributed by atoms with Gasteiger partial charge in [-0.1, -0.05) is 6.42 Å². The number of hydrogen-bond acceptors (Lipinski definition) is 4. The minimum atomic E-state index is -3.43. The van der Waals surface area contributed by atoms with Crippen molar-refractivity contribution < 1.29 is 8.42 Å². The molecule has 6 nitrogen and oxygen atoms in total. The van der Waals surface area contributed by atoms with Crippen LogP contribution in [0.3, 0.4) is 0 Å². The van der Waals surface area contributed by atoms with Crippen molar-refractivity contribution in [3.05, 3.63) is 12.3 Å². The Morgan fingerprint density at radius 2 is 2.10 bits per heavy atom. The van der Waals surface area contributed by atoms with Crippen molar-refractivity contribution in [3.63, 3.8) is 0 Å². The molecule has 2 N–H and O–H groups in total. The van der Waals surface area contributed by atoms with Gasteiger partial charge in [0.2, 0.25) is 0 Å². The van der Waals surface area contributed by atoms with Gasteiger partial charge in [-0.3, -0.25) is 4.68 Å². The minimum Gasteiger partial charge on any atom is -0.327 e. The molecule has 2 fully saturated rings. The lowest BCUT2D eigenvalue weighted by atomic mass is 9.78. The van der Waals surface area contributed by atoms with E-state index in [1.165, 1.54) is 10.9 Å². The number of aromatic nitrogens is 2. The van der Waals surface area contributed by atoms with Gasteiger partial charge < -0.3 is 5.73 Å². The summed E-state index contributed by atoms with van der Waals surface area (Å²) in [6, 6.07) is 1.70. The van der Waals surface area contributed by atoms with Gasteiger partial charge in [-0.25, -0.2) is 8.42 Å². The topological polar surface area (TPSA) is 81.2 Å². The molecule has 1 aliphatic carbocycles. The van der Waals surface area contributed by atoms with Crippen LogP contribution in [0.15, 0.2) is 17.3 Å². The molecular formula is C12H21ClN4O2S. The highest BCUT2D eigenvalue weighted by molar-refractivity contribution is 7.89. The number of sulfonamides is 1. The molecule has 3 unspecified atom stereocenters. The second-order valence-electron chi connectivity index (χ2n) is 5.63. The van der Waals surface area contributed by atoms with Gasteiger partial charge in [-0.15, -0.1) is 12.4 Å². The second kappa shape index (κ2) is 5.63. The van der Waals surface area contributed by atoms with Crippen molar-refractivity contribution in [2.45, 2.75) is 30.3 Å². The smallest absolute Gasteiger partial charge is 0.260 e. The van der Waals surface area contributed by atoms with Gasteiger partial charge in [0.15, 0.2) is 5.03 Å². The van der Waals surface area contributed by atoms with E-state index >= 15 is 0 Å². The van der Waals surface area contributed by atoms with E-state index in [0.29, 0.717) is 24.9 Å². The summed E-state index contributed by atoms with van der Waals surface area (Å²) in [5.41, 5.74) is 6.13. The Labute approximate surface area is 125 Å². The summed E-state index contributed by atoms with van der Waals surface area (Å²) in [6.07, 6.45) is 4.74. The van der Waals surface area contributed by atoms with Crippen LogP contribution >= 0.6 is 12.4 Å². The Morgan fingerprint density at radius 1 is 1.35 bits per heavy atom. The fourth-order valence-corrected chi connectivity index (χ4v) is 5.05. The Bertz CT molecular complexity index is 574. The highest BCUT2D eigenvalue weighted by atomic mass is 35.5. The molecule has 0 bridgehead atoms. The summed E-state index contributed by atoms with van der Waals surface area (Å²) < 4.78 is 28.2. The number of hydrogen-bond donors (Lipinski definition) is 1. The van der Waals surface area contributed by atoms with E-state index in [2.05, 4.69) is 5.10 Å². The van der Waals surface area contributed by atoms with Crippen molar-refractivity contribution in [2.75, 3.05) is 13.1 Å². The number of rotatable bonds is 2. The van der Waals surface area contributed by atoms with Crippen LogP contribution < -0.4 is 5.73 Å². The molecule has 1 aliphatic heterocycles.